The molecule has 396 valence electrons. The Morgan fingerprint density at radius 3 is 1.49 bits per heavy atom. The van der Waals surface area contributed by atoms with Crippen LogP contribution in [0.5, 0.6) is 0 Å². The van der Waals surface area contributed by atoms with Crippen molar-refractivity contribution < 1.29 is 47.7 Å². The summed E-state index contributed by atoms with van der Waals surface area (Å²) in [5.74, 6) is 0.122. The molecule has 0 bridgehead atoms. The minimum Gasteiger partial charge on any atom is -0.462 e. The lowest BCUT2D eigenvalue weighted by atomic mass is 9.47. The van der Waals surface area contributed by atoms with Gasteiger partial charge in [0.15, 0.2) is 18.7 Å². The Morgan fingerprint density at radius 1 is 0.522 bits per heavy atom. The second-order valence-corrected chi connectivity index (χ2v) is 22.3. The van der Waals surface area contributed by atoms with Gasteiger partial charge in [-0.25, -0.2) is 0 Å². The van der Waals surface area contributed by atoms with Gasteiger partial charge in [-0.3, -0.25) is 24.0 Å². The number of ether oxygens (including phenoxy) is 5. The number of esters is 4. The third kappa shape index (κ3) is 21.5. The molecule has 0 aromatic carbocycles. The lowest BCUT2D eigenvalue weighted by Crippen LogP contribution is -2.51. The zero-order chi connectivity index (χ0) is 49.6. The third-order valence-corrected chi connectivity index (χ3v) is 17.0. The predicted molar refractivity (Wildman–Crippen MR) is 274 cm³/mol. The first-order valence-electron chi connectivity index (χ1n) is 29.0. The van der Waals surface area contributed by atoms with Gasteiger partial charge in [0.1, 0.15) is 13.2 Å². The molecule has 6 atom stereocenters. The number of hydrogen-bond acceptors (Lipinski definition) is 10. The lowest BCUT2D eigenvalue weighted by Gasteiger charge is -2.57. The summed E-state index contributed by atoms with van der Waals surface area (Å²) in [6, 6.07) is 0. The maximum Gasteiger partial charge on any atom is 0.308 e. The minimum absolute atomic E-state index is 0.000787. The number of carbonyl (C=O) groups is 5. The smallest absolute Gasteiger partial charge is 0.308 e. The van der Waals surface area contributed by atoms with E-state index in [4.69, 9.17) is 23.7 Å². The number of ketones is 1. The van der Waals surface area contributed by atoms with Crippen LogP contribution in [0.1, 0.15) is 272 Å². The van der Waals surface area contributed by atoms with Crippen molar-refractivity contribution in [2.75, 3.05) is 20.0 Å². The molecule has 4 aliphatic carbocycles. The summed E-state index contributed by atoms with van der Waals surface area (Å²) in [5.41, 5.74) is 1.51. The highest BCUT2D eigenvalue weighted by molar-refractivity contribution is 5.91. The van der Waals surface area contributed by atoms with Crippen molar-refractivity contribution in [3.05, 3.63) is 11.6 Å². The molecule has 0 N–H and O–H groups in total. The first-order valence-corrected chi connectivity index (χ1v) is 29.0. The van der Waals surface area contributed by atoms with E-state index in [0.29, 0.717) is 24.2 Å². The molecular weight excluding hydrogens is 869 g/mol. The van der Waals surface area contributed by atoms with E-state index in [1.165, 1.54) is 134 Å². The fraction of sp³-hybridized carbons (Fsp3) is 0.881. The molecule has 10 heteroatoms. The molecule has 4 aliphatic rings. The van der Waals surface area contributed by atoms with Crippen molar-refractivity contribution in [2.45, 2.75) is 284 Å². The Morgan fingerprint density at radius 2 is 0.986 bits per heavy atom. The summed E-state index contributed by atoms with van der Waals surface area (Å²) in [4.78, 5) is 63.5. The van der Waals surface area contributed by atoms with Gasteiger partial charge in [-0.05, 0) is 92.4 Å². The summed E-state index contributed by atoms with van der Waals surface area (Å²) >= 11 is 0. The second-order valence-electron chi connectivity index (χ2n) is 22.3. The molecule has 0 spiro atoms. The third-order valence-electron chi connectivity index (χ3n) is 17.0. The highest BCUT2D eigenvalue weighted by atomic mass is 16.7. The van der Waals surface area contributed by atoms with Crippen LogP contribution in [0.25, 0.3) is 0 Å². The maximum absolute atomic E-state index is 13.0. The van der Waals surface area contributed by atoms with E-state index in [1.807, 2.05) is 6.08 Å². The van der Waals surface area contributed by atoms with E-state index in [0.717, 1.165) is 83.5 Å². The first kappa shape index (κ1) is 58.8. The van der Waals surface area contributed by atoms with Crippen LogP contribution in [-0.4, -0.2) is 61.9 Å². The molecule has 3 fully saturated rings. The Labute approximate surface area is 420 Å². The number of unbranched alkanes of at least 4 members (excludes halogenated alkanes) is 24. The number of carbonyl (C=O) groups excluding carboxylic acids is 5. The van der Waals surface area contributed by atoms with Crippen LogP contribution in [0.4, 0.5) is 0 Å². The van der Waals surface area contributed by atoms with E-state index in [2.05, 4.69) is 27.7 Å². The van der Waals surface area contributed by atoms with E-state index in [9.17, 15) is 24.0 Å². The molecule has 0 aliphatic heterocycles. The molecule has 10 nitrogen and oxygen atoms in total. The van der Waals surface area contributed by atoms with Gasteiger partial charge in [0, 0.05) is 19.3 Å². The minimum atomic E-state index is -0.968. The largest absolute Gasteiger partial charge is 0.462 e. The van der Waals surface area contributed by atoms with Crippen LogP contribution in [0.2, 0.25) is 0 Å². The summed E-state index contributed by atoms with van der Waals surface area (Å²) in [7, 11) is 0. The Kier molecular flexibility index (Phi) is 28.8. The van der Waals surface area contributed by atoms with E-state index in [1.54, 1.807) is 0 Å². The molecule has 4 rings (SSSR count). The van der Waals surface area contributed by atoms with Crippen LogP contribution in [-0.2, 0) is 47.7 Å². The molecule has 0 radical (unpaired) electrons. The van der Waals surface area contributed by atoms with Crippen molar-refractivity contribution in [3.8, 4) is 0 Å². The average Bonchev–Trinajstić information content (AvgIpc) is 3.68. The van der Waals surface area contributed by atoms with Crippen LogP contribution in [0.15, 0.2) is 11.6 Å². The van der Waals surface area contributed by atoms with Crippen LogP contribution in [0.3, 0.4) is 0 Å². The van der Waals surface area contributed by atoms with Crippen molar-refractivity contribution in [1.82, 2.24) is 0 Å². The fourth-order valence-electron chi connectivity index (χ4n) is 12.7. The van der Waals surface area contributed by atoms with Crippen LogP contribution in [0, 0.1) is 28.6 Å². The van der Waals surface area contributed by atoms with Crippen molar-refractivity contribution in [2.24, 2.45) is 28.6 Å². The highest BCUT2D eigenvalue weighted by Crippen LogP contribution is 2.65. The number of allylic oxidation sites excluding steroid dienone is 1. The van der Waals surface area contributed by atoms with Gasteiger partial charge in [0.2, 0.25) is 0 Å². The Hall–Kier alpha value is -2.75. The number of fused-ring (bicyclic) bond motifs is 5. The molecular formula is C59H100O10. The van der Waals surface area contributed by atoms with Gasteiger partial charge in [-0.15, -0.1) is 0 Å². The molecule has 0 amide bonds. The van der Waals surface area contributed by atoms with Gasteiger partial charge in [-0.1, -0.05) is 187 Å². The normalized spacial score (nSPS) is 24.0. The van der Waals surface area contributed by atoms with Crippen LogP contribution < -0.4 is 0 Å². The fourth-order valence-corrected chi connectivity index (χ4v) is 12.7. The van der Waals surface area contributed by atoms with Crippen molar-refractivity contribution in [3.63, 3.8) is 0 Å². The monoisotopic (exact) mass is 969 g/mol. The van der Waals surface area contributed by atoms with E-state index in [-0.39, 0.29) is 80.3 Å². The predicted octanol–water partition coefficient (Wildman–Crippen LogP) is 15.1. The van der Waals surface area contributed by atoms with Gasteiger partial charge in [0.05, 0.1) is 18.9 Å². The standard InChI is InChI=1S/C59H100O10/c1-5-7-9-11-13-15-17-19-21-23-25-27-29-31-54(61)65-44-49(45-66-55(62)32-30-28-26-24-22-20-18-16-14-12-10-8-6-2)69-57(64)38-37-56(63)68-46-67-53-36-35-51-50-34-33-47-43-48(60)39-41-58(47,3)52(50)40-42-59(51,53)4/h43,49-53H,5-42,44-46H2,1-4H3/t50-,51-,52-,53-,58-,59-/m0/s1. The topological polar surface area (TPSA) is 132 Å². The molecule has 3 saturated carbocycles. The maximum atomic E-state index is 13.0. The summed E-state index contributed by atoms with van der Waals surface area (Å²) in [6.07, 6.45) is 40.8. The summed E-state index contributed by atoms with van der Waals surface area (Å²) in [6.45, 7) is 8.67. The molecule has 0 heterocycles. The van der Waals surface area contributed by atoms with Gasteiger partial charge in [0.25, 0.3) is 0 Å². The molecule has 0 aromatic rings. The average molecular weight is 969 g/mol. The molecule has 0 aromatic heterocycles. The molecule has 0 saturated heterocycles. The second kappa shape index (κ2) is 33.8. The lowest BCUT2D eigenvalue weighted by molar-refractivity contribution is -0.174. The zero-order valence-electron chi connectivity index (χ0n) is 44.5. The number of rotatable bonds is 39. The number of hydrogen-bond donors (Lipinski definition) is 0. The summed E-state index contributed by atoms with van der Waals surface area (Å²) in [5, 5.41) is 0. The first-order chi connectivity index (χ1) is 33.5. The Bertz CT molecular complexity index is 1480. The zero-order valence-corrected chi connectivity index (χ0v) is 44.5. The Balaban J connectivity index is 1.12. The quantitative estimate of drug-likeness (QED) is 0.0254. The molecule has 69 heavy (non-hydrogen) atoms. The van der Waals surface area contributed by atoms with Gasteiger partial charge >= 0.3 is 23.9 Å². The van der Waals surface area contributed by atoms with Gasteiger partial charge < -0.3 is 23.7 Å². The van der Waals surface area contributed by atoms with E-state index >= 15 is 0 Å². The van der Waals surface area contributed by atoms with Crippen LogP contribution >= 0.6 is 0 Å². The van der Waals surface area contributed by atoms with Gasteiger partial charge in [-0.2, -0.15) is 0 Å². The molecule has 0 unspecified atom stereocenters. The van der Waals surface area contributed by atoms with Crippen molar-refractivity contribution in [1.29, 1.82) is 0 Å². The van der Waals surface area contributed by atoms with Crippen molar-refractivity contribution >= 4 is 29.7 Å². The highest BCUT2D eigenvalue weighted by Gasteiger charge is 2.59. The van der Waals surface area contributed by atoms with E-state index < -0.39 is 18.0 Å². The SMILES string of the molecule is CCCCCCCCCCCCCCCC(=O)OCC(COC(=O)CCCCCCCCCCCCCCC)OC(=O)CCC(=O)OCO[C@H]1CC[C@H]2[C@@H]3CCC4=CC(=O)CC[C@]4(C)[C@H]3CC[C@]12C. The summed E-state index contributed by atoms with van der Waals surface area (Å²) < 4.78 is 28.5.